The van der Waals surface area contributed by atoms with Crippen LogP contribution < -0.4 is 10.1 Å². The second-order valence-corrected chi connectivity index (χ2v) is 3.89. The van der Waals surface area contributed by atoms with Gasteiger partial charge < -0.3 is 14.8 Å². The van der Waals surface area contributed by atoms with Crippen molar-refractivity contribution in [2.45, 2.75) is 0 Å². The van der Waals surface area contributed by atoms with Crippen LogP contribution in [0, 0.1) is 0 Å². The molecule has 1 N–H and O–H groups in total. The number of ether oxygens (including phenoxy) is 2. The van der Waals surface area contributed by atoms with Crippen LogP contribution in [0.1, 0.15) is 10.4 Å². The topological polar surface area (TPSA) is 47.6 Å². The fraction of sp³-hybridized carbons (Fsp3) is 0.133. The lowest BCUT2D eigenvalue weighted by Crippen LogP contribution is -2.05. The monoisotopic (exact) mass is 257 g/mol. The SMILES string of the molecule is COC(=O)c1ccccc1Nc1cccc(OC)c1. The third kappa shape index (κ3) is 3.04. The van der Waals surface area contributed by atoms with Crippen molar-refractivity contribution in [1.82, 2.24) is 0 Å². The Morgan fingerprint density at radius 3 is 2.58 bits per heavy atom. The van der Waals surface area contributed by atoms with Crippen LogP contribution in [-0.2, 0) is 4.74 Å². The van der Waals surface area contributed by atoms with Crippen molar-refractivity contribution in [1.29, 1.82) is 0 Å². The van der Waals surface area contributed by atoms with Gasteiger partial charge in [0.25, 0.3) is 0 Å². The molecule has 2 aromatic carbocycles. The van der Waals surface area contributed by atoms with E-state index in [1.54, 1.807) is 19.2 Å². The van der Waals surface area contributed by atoms with Gasteiger partial charge in [0.1, 0.15) is 5.75 Å². The molecule has 0 saturated heterocycles. The second-order valence-electron chi connectivity index (χ2n) is 3.89. The largest absolute Gasteiger partial charge is 0.497 e. The first-order valence-electron chi connectivity index (χ1n) is 5.83. The maximum atomic E-state index is 11.7. The molecule has 0 bridgehead atoms. The number of methoxy groups -OCH3 is 2. The summed E-state index contributed by atoms with van der Waals surface area (Å²) in [5, 5.41) is 3.18. The molecule has 0 aliphatic heterocycles. The molecule has 19 heavy (non-hydrogen) atoms. The molecule has 0 aromatic heterocycles. The van der Waals surface area contributed by atoms with Crippen LogP contribution in [0.15, 0.2) is 48.5 Å². The Labute approximate surface area is 112 Å². The van der Waals surface area contributed by atoms with E-state index < -0.39 is 0 Å². The van der Waals surface area contributed by atoms with Crippen molar-refractivity contribution >= 4 is 17.3 Å². The van der Waals surface area contributed by atoms with Gasteiger partial charge >= 0.3 is 5.97 Å². The summed E-state index contributed by atoms with van der Waals surface area (Å²) in [6, 6.07) is 14.7. The Morgan fingerprint density at radius 1 is 1.05 bits per heavy atom. The van der Waals surface area contributed by atoms with Gasteiger partial charge in [0.2, 0.25) is 0 Å². The molecular formula is C15H15NO3. The first-order chi connectivity index (χ1) is 9.24. The molecule has 0 saturated carbocycles. The lowest BCUT2D eigenvalue weighted by Gasteiger charge is -2.11. The average Bonchev–Trinajstić information content (AvgIpc) is 2.47. The maximum Gasteiger partial charge on any atom is 0.339 e. The molecule has 98 valence electrons. The van der Waals surface area contributed by atoms with Crippen LogP contribution in [0.2, 0.25) is 0 Å². The third-order valence-electron chi connectivity index (χ3n) is 2.68. The summed E-state index contributed by atoms with van der Waals surface area (Å²) in [7, 11) is 2.98. The van der Waals surface area contributed by atoms with Crippen LogP contribution in [0.25, 0.3) is 0 Å². The molecule has 0 spiro atoms. The molecule has 2 rings (SSSR count). The molecule has 0 heterocycles. The van der Waals surface area contributed by atoms with E-state index >= 15 is 0 Å². The molecule has 0 aliphatic rings. The van der Waals surface area contributed by atoms with Gasteiger partial charge in [0.15, 0.2) is 0 Å². The van der Waals surface area contributed by atoms with Crippen LogP contribution in [0.5, 0.6) is 5.75 Å². The number of carbonyl (C=O) groups excluding carboxylic acids is 1. The number of nitrogens with one attached hydrogen (secondary N) is 1. The zero-order valence-corrected chi connectivity index (χ0v) is 10.8. The van der Waals surface area contributed by atoms with Gasteiger partial charge in [-0.2, -0.15) is 0 Å². The lowest BCUT2D eigenvalue weighted by molar-refractivity contribution is 0.0602. The summed E-state index contributed by atoms with van der Waals surface area (Å²) >= 11 is 0. The molecule has 4 heteroatoms. The van der Waals surface area contributed by atoms with Gasteiger partial charge in [0, 0.05) is 11.8 Å². The van der Waals surface area contributed by atoms with Crippen molar-refractivity contribution in [3.63, 3.8) is 0 Å². The van der Waals surface area contributed by atoms with Crippen LogP contribution in [0.3, 0.4) is 0 Å². The Morgan fingerprint density at radius 2 is 1.84 bits per heavy atom. The normalized spacial score (nSPS) is 9.79. The Kier molecular flexibility index (Phi) is 4.03. The van der Waals surface area contributed by atoms with E-state index in [-0.39, 0.29) is 5.97 Å². The smallest absolute Gasteiger partial charge is 0.339 e. The van der Waals surface area contributed by atoms with Gasteiger partial charge in [-0.3, -0.25) is 0 Å². The van der Waals surface area contributed by atoms with Gasteiger partial charge in [-0.15, -0.1) is 0 Å². The van der Waals surface area contributed by atoms with E-state index in [1.165, 1.54) is 7.11 Å². The highest BCUT2D eigenvalue weighted by atomic mass is 16.5. The summed E-state index contributed by atoms with van der Waals surface area (Å²) in [4.78, 5) is 11.7. The van der Waals surface area contributed by atoms with E-state index in [0.717, 1.165) is 11.4 Å². The quantitative estimate of drug-likeness (QED) is 0.854. The summed E-state index contributed by atoms with van der Waals surface area (Å²) < 4.78 is 9.92. The molecule has 0 aliphatic carbocycles. The average molecular weight is 257 g/mol. The predicted octanol–water partition coefficient (Wildman–Crippen LogP) is 3.23. The molecule has 0 amide bonds. The summed E-state index contributed by atoms with van der Waals surface area (Å²) in [6.07, 6.45) is 0. The summed E-state index contributed by atoms with van der Waals surface area (Å²) in [6.45, 7) is 0. The molecule has 0 unspecified atom stereocenters. The first kappa shape index (κ1) is 13.0. The van der Waals surface area contributed by atoms with Gasteiger partial charge in [0.05, 0.1) is 25.5 Å². The highest BCUT2D eigenvalue weighted by Gasteiger charge is 2.10. The van der Waals surface area contributed by atoms with Crippen LogP contribution >= 0.6 is 0 Å². The maximum absolute atomic E-state index is 11.7. The van der Waals surface area contributed by atoms with E-state index in [0.29, 0.717) is 11.3 Å². The number of carbonyl (C=O) groups is 1. The van der Waals surface area contributed by atoms with Gasteiger partial charge in [-0.25, -0.2) is 4.79 Å². The van der Waals surface area contributed by atoms with Crippen LogP contribution in [0.4, 0.5) is 11.4 Å². The molecule has 0 radical (unpaired) electrons. The van der Waals surface area contributed by atoms with Crippen molar-refractivity contribution in [3.05, 3.63) is 54.1 Å². The summed E-state index contributed by atoms with van der Waals surface area (Å²) in [5.41, 5.74) is 2.03. The Balaban J connectivity index is 2.30. The number of esters is 1. The molecular weight excluding hydrogens is 242 g/mol. The van der Waals surface area contributed by atoms with E-state index in [4.69, 9.17) is 9.47 Å². The first-order valence-corrected chi connectivity index (χ1v) is 5.83. The Bertz CT molecular complexity index is 581. The number of rotatable bonds is 4. The van der Waals surface area contributed by atoms with E-state index in [2.05, 4.69) is 5.32 Å². The van der Waals surface area contributed by atoms with Crippen molar-refractivity contribution in [2.75, 3.05) is 19.5 Å². The number of hydrogen-bond donors (Lipinski definition) is 1. The molecule has 0 atom stereocenters. The third-order valence-corrected chi connectivity index (χ3v) is 2.68. The van der Waals surface area contributed by atoms with Crippen molar-refractivity contribution < 1.29 is 14.3 Å². The summed E-state index contributed by atoms with van der Waals surface area (Å²) in [5.74, 6) is 0.381. The van der Waals surface area contributed by atoms with E-state index in [9.17, 15) is 4.79 Å². The molecule has 2 aromatic rings. The van der Waals surface area contributed by atoms with E-state index in [1.807, 2.05) is 36.4 Å². The van der Waals surface area contributed by atoms with Crippen molar-refractivity contribution in [2.24, 2.45) is 0 Å². The Hall–Kier alpha value is -2.49. The number of para-hydroxylation sites is 1. The van der Waals surface area contributed by atoms with Gasteiger partial charge in [-0.05, 0) is 24.3 Å². The zero-order valence-electron chi connectivity index (χ0n) is 10.8. The molecule has 4 nitrogen and oxygen atoms in total. The number of anilines is 2. The second kappa shape index (κ2) is 5.91. The highest BCUT2D eigenvalue weighted by molar-refractivity contribution is 5.96. The zero-order chi connectivity index (χ0) is 13.7. The van der Waals surface area contributed by atoms with Crippen LogP contribution in [-0.4, -0.2) is 20.2 Å². The fourth-order valence-electron chi connectivity index (χ4n) is 1.74. The fourth-order valence-corrected chi connectivity index (χ4v) is 1.74. The lowest BCUT2D eigenvalue weighted by atomic mass is 10.1. The highest BCUT2D eigenvalue weighted by Crippen LogP contribution is 2.24. The minimum atomic E-state index is -0.369. The minimum absolute atomic E-state index is 0.369. The van der Waals surface area contributed by atoms with Crippen molar-refractivity contribution in [3.8, 4) is 5.75 Å². The number of benzene rings is 2. The number of hydrogen-bond acceptors (Lipinski definition) is 4. The standard InChI is InChI=1S/C15H15NO3/c1-18-12-7-5-6-11(10-12)16-14-9-4-3-8-13(14)15(17)19-2/h3-10,16H,1-2H3. The molecule has 0 fully saturated rings. The minimum Gasteiger partial charge on any atom is -0.497 e. The van der Waals surface area contributed by atoms with Gasteiger partial charge in [-0.1, -0.05) is 18.2 Å². The predicted molar refractivity (Wildman–Crippen MR) is 74.1 cm³/mol.